The second kappa shape index (κ2) is 9.32. The summed E-state index contributed by atoms with van der Waals surface area (Å²) in [5, 5.41) is 0. The highest BCUT2D eigenvalue weighted by atomic mass is 19.1. The molecule has 0 N–H and O–H groups in total. The fraction of sp³-hybridized carbons (Fsp3) is 0.571. The second-order valence-corrected chi connectivity index (χ2v) is 3.27. The molecule has 0 aromatic heterocycles. The van der Waals surface area contributed by atoms with Crippen LogP contribution < -0.4 is 0 Å². The van der Waals surface area contributed by atoms with E-state index in [4.69, 9.17) is 0 Å². The molecule has 0 heterocycles. The monoisotopic (exact) mass is 230 g/mol. The van der Waals surface area contributed by atoms with Crippen LogP contribution in [-0.4, -0.2) is 0 Å². The molecule has 0 aliphatic heterocycles. The largest absolute Gasteiger partial charge is 0.207 e. The van der Waals surface area contributed by atoms with Crippen LogP contribution in [-0.2, 0) is 0 Å². The Morgan fingerprint density at radius 2 is 1.38 bits per heavy atom. The van der Waals surface area contributed by atoms with Gasteiger partial charge in [0, 0.05) is 6.07 Å². The van der Waals surface area contributed by atoms with E-state index in [0.29, 0.717) is 11.1 Å². The minimum Gasteiger partial charge on any atom is -0.207 e. The summed E-state index contributed by atoms with van der Waals surface area (Å²) < 4.78 is 25.8. The topological polar surface area (TPSA) is 0 Å². The van der Waals surface area contributed by atoms with Gasteiger partial charge in [-0.05, 0) is 30.0 Å². The lowest BCUT2D eigenvalue weighted by atomic mass is 9.97. The predicted molar refractivity (Wildman–Crippen MR) is 67.9 cm³/mol. The Morgan fingerprint density at radius 1 is 0.938 bits per heavy atom. The standard InChI is InChI=1S/C10H12F2.2C2H6/c1-6(2)10-7(3)4-8(11)5-9(10)12;2*1-2/h4-6H,1-3H3;2*1-2H3. The third-order valence-electron chi connectivity index (χ3n) is 1.88. The molecule has 0 unspecified atom stereocenters. The summed E-state index contributed by atoms with van der Waals surface area (Å²) >= 11 is 0. The highest BCUT2D eigenvalue weighted by Gasteiger charge is 2.10. The van der Waals surface area contributed by atoms with Crippen molar-refractivity contribution >= 4 is 0 Å². The van der Waals surface area contributed by atoms with E-state index >= 15 is 0 Å². The van der Waals surface area contributed by atoms with Crippen LogP contribution in [0.2, 0.25) is 0 Å². The third kappa shape index (κ3) is 5.24. The molecule has 0 saturated carbocycles. The molecule has 94 valence electrons. The minimum atomic E-state index is -0.505. The molecule has 0 aliphatic rings. The molecule has 1 aromatic carbocycles. The van der Waals surface area contributed by atoms with Gasteiger partial charge in [-0.2, -0.15) is 0 Å². The summed E-state index contributed by atoms with van der Waals surface area (Å²) in [4.78, 5) is 0. The lowest BCUT2D eigenvalue weighted by molar-refractivity contribution is 0.562. The SMILES string of the molecule is CC.CC.Cc1cc(F)cc(F)c1C(C)C. The van der Waals surface area contributed by atoms with Crippen molar-refractivity contribution in [2.75, 3.05) is 0 Å². The summed E-state index contributed by atoms with van der Waals surface area (Å²) in [5.41, 5.74) is 1.29. The molecule has 0 fully saturated rings. The normalized spacial score (nSPS) is 8.88. The molecule has 0 radical (unpaired) electrons. The zero-order valence-corrected chi connectivity index (χ0v) is 11.5. The fourth-order valence-corrected chi connectivity index (χ4v) is 1.44. The quantitative estimate of drug-likeness (QED) is 0.602. The molecular weight excluding hydrogens is 206 g/mol. The third-order valence-corrected chi connectivity index (χ3v) is 1.88. The lowest BCUT2D eigenvalue weighted by Crippen LogP contribution is -1.97. The van der Waals surface area contributed by atoms with Crippen molar-refractivity contribution in [1.29, 1.82) is 0 Å². The van der Waals surface area contributed by atoms with E-state index in [-0.39, 0.29) is 5.92 Å². The zero-order valence-electron chi connectivity index (χ0n) is 11.5. The lowest BCUT2D eigenvalue weighted by Gasteiger charge is -2.10. The maximum Gasteiger partial charge on any atom is 0.129 e. The molecule has 0 nitrogen and oxygen atoms in total. The van der Waals surface area contributed by atoms with Gasteiger partial charge in [0.15, 0.2) is 0 Å². The summed E-state index contributed by atoms with van der Waals surface area (Å²) in [6, 6.07) is 2.29. The number of rotatable bonds is 1. The number of aryl methyl sites for hydroxylation is 1. The van der Waals surface area contributed by atoms with Crippen LogP contribution in [0, 0.1) is 18.6 Å². The van der Waals surface area contributed by atoms with E-state index in [0.717, 1.165) is 6.07 Å². The molecule has 0 saturated heterocycles. The van der Waals surface area contributed by atoms with E-state index in [2.05, 4.69) is 0 Å². The highest BCUT2D eigenvalue weighted by molar-refractivity contribution is 5.30. The van der Waals surface area contributed by atoms with Gasteiger partial charge in [0.1, 0.15) is 11.6 Å². The first-order valence-corrected chi connectivity index (χ1v) is 5.98. The summed E-state index contributed by atoms with van der Waals surface area (Å²) in [5.74, 6) is -0.845. The summed E-state index contributed by atoms with van der Waals surface area (Å²) in [6.45, 7) is 13.5. The number of halogens is 2. The molecule has 0 aliphatic carbocycles. The van der Waals surface area contributed by atoms with Gasteiger partial charge in [-0.25, -0.2) is 8.78 Å². The van der Waals surface area contributed by atoms with Gasteiger partial charge in [-0.15, -0.1) is 0 Å². The molecule has 2 heteroatoms. The number of benzene rings is 1. The average Bonchev–Trinajstić information content (AvgIpc) is 2.21. The van der Waals surface area contributed by atoms with Crippen LogP contribution in [0.4, 0.5) is 8.78 Å². The Kier molecular flexibility index (Phi) is 10.2. The van der Waals surface area contributed by atoms with E-state index < -0.39 is 11.6 Å². The summed E-state index contributed by atoms with van der Waals surface area (Å²) in [7, 11) is 0. The first-order valence-electron chi connectivity index (χ1n) is 5.98. The highest BCUT2D eigenvalue weighted by Crippen LogP contribution is 2.23. The fourth-order valence-electron chi connectivity index (χ4n) is 1.44. The smallest absolute Gasteiger partial charge is 0.129 e. The Bertz CT molecular complexity index is 268. The van der Waals surface area contributed by atoms with Crippen molar-refractivity contribution in [3.63, 3.8) is 0 Å². The van der Waals surface area contributed by atoms with Gasteiger partial charge in [-0.1, -0.05) is 41.5 Å². The van der Waals surface area contributed by atoms with E-state index in [1.165, 1.54) is 6.07 Å². The van der Waals surface area contributed by atoms with Gasteiger partial charge in [0.05, 0.1) is 0 Å². The average molecular weight is 230 g/mol. The van der Waals surface area contributed by atoms with E-state index in [9.17, 15) is 8.78 Å². The van der Waals surface area contributed by atoms with Crippen LogP contribution >= 0.6 is 0 Å². The zero-order chi connectivity index (χ0) is 13.3. The Balaban J connectivity index is 0. The maximum atomic E-state index is 13.1. The van der Waals surface area contributed by atoms with E-state index in [1.54, 1.807) is 6.92 Å². The van der Waals surface area contributed by atoms with Crippen molar-refractivity contribution in [2.45, 2.75) is 54.4 Å². The molecule has 0 atom stereocenters. The van der Waals surface area contributed by atoms with E-state index in [1.807, 2.05) is 41.5 Å². The van der Waals surface area contributed by atoms with Crippen LogP contribution in [0.5, 0.6) is 0 Å². The number of hydrogen-bond acceptors (Lipinski definition) is 0. The number of hydrogen-bond donors (Lipinski definition) is 0. The van der Waals surface area contributed by atoms with Gasteiger partial charge in [-0.3, -0.25) is 0 Å². The predicted octanol–water partition coefficient (Wildman–Crippen LogP) is 5.45. The van der Waals surface area contributed by atoms with Crippen molar-refractivity contribution < 1.29 is 8.78 Å². The van der Waals surface area contributed by atoms with Crippen LogP contribution in [0.15, 0.2) is 12.1 Å². The van der Waals surface area contributed by atoms with Crippen molar-refractivity contribution in [1.82, 2.24) is 0 Å². The first-order chi connectivity index (χ1) is 7.52. The van der Waals surface area contributed by atoms with Crippen LogP contribution in [0.3, 0.4) is 0 Å². The minimum absolute atomic E-state index is 0.102. The molecule has 0 spiro atoms. The molecular formula is C14H24F2. The molecule has 16 heavy (non-hydrogen) atoms. The van der Waals surface area contributed by atoms with Crippen LogP contribution in [0.1, 0.15) is 58.6 Å². The molecule has 1 rings (SSSR count). The molecule has 0 amide bonds. The van der Waals surface area contributed by atoms with Crippen molar-refractivity contribution in [3.05, 3.63) is 34.9 Å². The van der Waals surface area contributed by atoms with Gasteiger partial charge in [0.2, 0.25) is 0 Å². The van der Waals surface area contributed by atoms with Crippen molar-refractivity contribution in [2.24, 2.45) is 0 Å². The Hall–Kier alpha value is -0.920. The van der Waals surface area contributed by atoms with Gasteiger partial charge in [0.25, 0.3) is 0 Å². The summed E-state index contributed by atoms with van der Waals surface area (Å²) in [6.07, 6.45) is 0. The Labute approximate surface area is 98.7 Å². The van der Waals surface area contributed by atoms with Crippen LogP contribution in [0.25, 0.3) is 0 Å². The Morgan fingerprint density at radius 3 is 1.69 bits per heavy atom. The first kappa shape index (κ1) is 17.5. The molecule has 1 aromatic rings. The van der Waals surface area contributed by atoms with Crippen molar-refractivity contribution in [3.8, 4) is 0 Å². The maximum absolute atomic E-state index is 13.1. The van der Waals surface area contributed by atoms with Gasteiger partial charge >= 0.3 is 0 Å². The second-order valence-electron chi connectivity index (χ2n) is 3.27. The molecule has 0 bridgehead atoms. The van der Waals surface area contributed by atoms with Gasteiger partial charge < -0.3 is 0 Å².